The van der Waals surface area contributed by atoms with Crippen molar-refractivity contribution in [2.75, 3.05) is 6.61 Å². The Balaban J connectivity index is 1.86. The van der Waals surface area contributed by atoms with Crippen molar-refractivity contribution in [1.82, 2.24) is 5.06 Å². The van der Waals surface area contributed by atoms with E-state index in [1.165, 1.54) is 5.06 Å². The van der Waals surface area contributed by atoms with E-state index < -0.39 is 11.1 Å². The molecule has 1 atom stereocenters. The van der Waals surface area contributed by atoms with E-state index in [9.17, 15) is 19.6 Å². The summed E-state index contributed by atoms with van der Waals surface area (Å²) in [5.74, 6) is -0.640. The molecule has 24 heavy (non-hydrogen) atoms. The fourth-order valence-corrected chi connectivity index (χ4v) is 4.08. The second-order valence-corrected chi connectivity index (χ2v) is 8.40. The summed E-state index contributed by atoms with van der Waals surface area (Å²) in [5, 5.41) is 11.6. The van der Waals surface area contributed by atoms with E-state index in [-0.39, 0.29) is 42.4 Å². The summed E-state index contributed by atoms with van der Waals surface area (Å²) in [4.78, 5) is 35.6. The van der Waals surface area contributed by atoms with Gasteiger partial charge in [0.1, 0.15) is 11.6 Å². The van der Waals surface area contributed by atoms with Crippen LogP contribution in [0.2, 0.25) is 0 Å². The number of rotatable bonds is 4. The Bertz CT molecular complexity index is 508. The van der Waals surface area contributed by atoms with Gasteiger partial charge in [-0.3, -0.25) is 14.4 Å². The van der Waals surface area contributed by atoms with Crippen LogP contribution in [-0.2, 0) is 19.1 Å². The Morgan fingerprint density at radius 2 is 1.75 bits per heavy atom. The Morgan fingerprint density at radius 3 is 2.33 bits per heavy atom. The first-order chi connectivity index (χ1) is 11.0. The zero-order valence-electron chi connectivity index (χ0n) is 15.1. The number of hydrogen-bond donors (Lipinski definition) is 1. The van der Waals surface area contributed by atoms with E-state index in [4.69, 9.17) is 4.74 Å². The summed E-state index contributed by atoms with van der Waals surface area (Å²) in [5.41, 5.74) is -1.01. The lowest BCUT2D eigenvalue weighted by atomic mass is 9.75. The number of esters is 1. The van der Waals surface area contributed by atoms with Gasteiger partial charge >= 0.3 is 5.97 Å². The van der Waals surface area contributed by atoms with Crippen molar-refractivity contribution in [3.8, 4) is 0 Å². The highest BCUT2D eigenvalue weighted by Crippen LogP contribution is 2.40. The molecule has 1 N–H and O–H groups in total. The minimum atomic E-state index is -0.503. The van der Waals surface area contributed by atoms with Gasteiger partial charge in [-0.2, -0.15) is 5.06 Å². The molecule has 0 spiro atoms. The van der Waals surface area contributed by atoms with Crippen LogP contribution < -0.4 is 0 Å². The minimum Gasteiger partial charge on any atom is -0.465 e. The quantitative estimate of drug-likeness (QED) is 0.792. The van der Waals surface area contributed by atoms with Gasteiger partial charge in [0.25, 0.3) is 0 Å². The monoisotopic (exact) mass is 339 g/mol. The molecule has 1 aliphatic heterocycles. The molecule has 0 aromatic heterocycles. The molecule has 2 rings (SSSR count). The number of hydroxylamine groups is 2. The van der Waals surface area contributed by atoms with Crippen LogP contribution in [0.15, 0.2) is 0 Å². The Hall–Kier alpha value is -1.27. The van der Waals surface area contributed by atoms with Gasteiger partial charge in [-0.05, 0) is 47.0 Å². The molecule has 0 aromatic rings. The first-order valence-corrected chi connectivity index (χ1v) is 8.73. The standard InChI is InChI=1S/C18H29NO5/c1-17(2)10-13(11-18(3,4)19(17)23)16(22)24-8-7-12-9-14(20)5-6-15(12)21/h12-13,23H,5-11H2,1-4H3. The second-order valence-electron chi connectivity index (χ2n) is 8.40. The molecule has 6 heteroatoms. The molecule has 1 saturated heterocycles. The van der Waals surface area contributed by atoms with Crippen LogP contribution in [0.1, 0.15) is 66.2 Å². The lowest BCUT2D eigenvalue weighted by molar-refractivity contribution is -0.252. The van der Waals surface area contributed by atoms with E-state index in [2.05, 4.69) is 0 Å². The van der Waals surface area contributed by atoms with Crippen molar-refractivity contribution in [2.45, 2.75) is 77.3 Å². The number of ether oxygens (including phenoxy) is 1. The van der Waals surface area contributed by atoms with E-state index in [1.807, 2.05) is 27.7 Å². The number of hydrogen-bond acceptors (Lipinski definition) is 6. The molecule has 1 saturated carbocycles. The lowest BCUT2D eigenvalue weighted by Crippen LogP contribution is -2.60. The molecule has 2 fully saturated rings. The van der Waals surface area contributed by atoms with Gasteiger partial charge in [-0.1, -0.05) is 0 Å². The molecule has 2 aliphatic rings. The molecule has 1 unspecified atom stereocenters. The van der Waals surface area contributed by atoms with Crippen molar-refractivity contribution in [3.05, 3.63) is 0 Å². The SMILES string of the molecule is CC1(C)CC(C(=O)OCCC2CC(=O)CCC2=O)CC(C)(C)N1O. The predicted octanol–water partition coefficient (Wildman–Crippen LogP) is 2.52. The highest BCUT2D eigenvalue weighted by molar-refractivity contribution is 5.94. The van der Waals surface area contributed by atoms with Gasteiger partial charge in [-0.25, -0.2) is 0 Å². The van der Waals surface area contributed by atoms with Crippen LogP contribution in [0.3, 0.4) is 0 Å². The van der Waals surface area contributed by atoms with Crippen molar-refractivity contribution in [2.24, 2.45) is 11.8 Å². The minimum absolute atomic E-state index is 0.0986. The molecule has 6 nitrogen and oxygen atoms in total. The summed E-state index contributed by atoms with van der Waals surface area (Å²) >= 11 is 0. The number of Topliss-reactive ketones (excluding diaryl/α,β-unsaturated/α-hetero) is 2. The van der Waals surface area contributed by atoms with Gasteiger partial charge in [0.15, 0.2) is 0 Å². The number of ketones is 2. The average molecular weight is 339 g/mol. The molecular formula is C18H29NO5. The van der Waals surface area contributed by atoms with E-state index in [0.717, 1.165) is 0 Å². The van der Waals surface area contributed by atoms with E-state index >= 15 is 0 Å². The molecule has 1 heterocycles. The molecular weight excluding hydrogens is 310 g/mol. The summed E-state index contributed by atoms with van der Waals surface area (Å²) in [7, 11) is 0. The number of carbonyl (C=O) groups excluding carboxylic acids is 3. The molecule has 0 aromatic carbocycles. The fourth-order valence-electron chi connectivity index (χ4n) is 4.08. The lowest BCUT2D eigenvalue weighted by Gasteiger charge is -2.50. The molecule has 0 bridgehead atoms. The van der Waals surface area contributed by atoms with Crippen LogP contribution in [0.5, 0.6) is 0 Å². The maximum Gasteiger partial charge on any atom is 0.309 e. The van der Waals surface area contributed by atoms with Crippen molar-refractivity contribution >= 4 is 17.5 Å². The van der Waals surface area contributed by atoms with E-state index in [0.29, 0.717) is 32.1 Å². The maximum atomic E-state index is 12.4. The normalized spacial score (nSPS) is 28.0. The zero-order valence-corrected chi connectivity index (χ0v) is 15.1. The van der Waals surface area contributed by atoms with Crippen LogP contribution in [0, 0.1) is 11.8 Å². The molecule has 0 radical (unpaired) electrons. The molecule has 0 amide bonds. The summed E-state index contributed by atoms with van der Waals surface area (Å²) in [6, 6.07) is 0. The Morgan fingerprint density at radius 1 is 1.17 bits per heavy atom. The first-order valence-electron chi connectivity index (χ1n) is 8.73. The van der Waals surface area contributed by atoms with Crippen LogP contribution in [-0.4, -0.2) is 45.5 Å². The average Bonchev–Trinajstić information content (AvgIpc) is 2.47. The smallest absolute Gasteiger partial charge is 0.309 e. The maximum absolute atomic E-state index is 12.4. The van der Waals surface area contributed by atoms with Gasteiger partial charge in [0.2, 0.25) is 0 Å². The van der Waals surface area contributed by atoms with Gasteiger partial charge in [0.05, 0.1) is 12.5 Å². The first kappa shape index (κ1) is 19.1. The van der Waals surface area contributed by atoms with Gasteiger partial charge in [-0.15, -0.1) is 0 Å². The third-order valence-corrected chi connectivity index (χ3v) is 5.26. The Kier molecular flexibility index (Phi) is 5.50. The van der Waals surface area contributed by atoms with Crippen LogP contribution >= 0.6 is 0 Å². The predicted molar refractivity (Wildman–Crippen MR) is 87.4 cm³/mol. The fraction of sp³-hybridized carbons (Fsp3) is 0.833. The largest absolute Gasteiger partial charge is 0.465 e. The zero-order chi connectivity index (χ0) is 18.1. The number of carbonyl (C=O) groups is 3. The van der Waals surface area contributed by atoms with Crippen molar-refractivity contribution in [3.63, 3.8) is 0 Å². The summed E-state index contributed by atoms with van der Waals surface area (Å²) < 4.78 is 5.39. The van der Waals surface area contributed by atoms with E-state index in [1.54, 1.807) is 0 Å². The highest BCUT2D eigenvalue weighted by atomic mass is 16.5. The summed E-state index contributed by atoms with van der Waals surface area (Å²) in [6.45, 7) is 7.78. The Labute approximate surface area is 143 Å². The second kappa shape index (κ2) is 6.92. The van der Waals surface area contributed by atoms with Crippen molar-refractivity contribution < 1.29 is 24.3 Å². The van der Waals surface area contributed by atoms with Gasteiger partial charge in [0, 0.05) is 36.3 Å². The molecule has 136 valence electrons. The summed E-state index contributed by atoms with van der Waals surface area (Å²) in [6.07, 6.45) is 2.40. The van der Waals surface area contributed by atoms with Crippen molar-refractivity contribution in [1.29, 1.82) is 0 Å². The number of piperidine rings is 1. The molecule has 1 aliphatic carbocycles. The third-order valence-electron chi connectivity index (χ3n) is 5.26. The highest BCUT2D eigenvalue weighted by Gasteiger charge is 2.47. The van der Waals surface area contributed by atoms with Gasteiger partial charge < -0.3 is 9.94 Å². The third kappa shape index (κ3) is 4.22. The topological polar surface area (TPSA) is 83.9 Å². The van der Waals surface area contributed by atoms with Crippen LogP contribution in [0.4, 0.5) is 0 Å². The number of nitrogens with zero attached hydrogens (tertiary/aromatic N) is 1. The van der Waals surface area contributed by atoms with Crippen LogP contribution in [0.25, 0.3) is 0 Å².